The number of amides is 1. The van der Waals surface area contributed by atoms with E-state index in [1.807, 2.05) is 0 Å². The minimum atomic E-state index is -0.924. The van der Waals surface area contributed by atoms with E-state index in [1.165, 1.54) is 38.5 Å². The third-order valence-corrected chi connectivity index (χ3v) is 2.97. The number of esters is 1. The first-order valence-electron chi connectivity index (χ1n) is 7.28. The van der Waals surface area contributed by atoms with Crippen LogP contribution in [0.4, 0.5) is 0 Å². The van der Waals surface area contributed by atoms with E-state index in [9.17, 15) is 9.59 Å². The van der Waals surface area contributed by atoms with E-state index in [1.54, 1.807) is 0 Å². The molecule has 0 aromatic carbocycles. The second kappa shape index (κ2) is 12.0. The predicted molar refractivity (Wildman–Crippen MR) is 75.4 cm³/mol. The number of carbonyl (C=O) groups is 2. The molecule has 0 saturated heterocycles. The summed E-state index contributed by atoms with van der Waals surface area (Å²) in [6.07, 6.45) is 9.36. The molecule has 0 spiro atoms. The predicted octanol–water partition coefficient (Wildman–Crippen LogP) is 1.87. The van der Waals surface area contributed by atoms with E-state index in [0.717, 1.165) is 12.8 Å². The highest BCUT2D eigenvalue weighted by Crippen LogP contribution is 2.08. The van der Waals surface area contributed by atoms with E-state index >= 15 is 0 Å². The van der Waals surface area contributed by atoms with Gasteiger partial charge in [-0.1, -0.05) is 51.9 Å². The molecule has 112 valence electrons. The summed E-state index contributed by atoms with van der Waals surface area (Å²) in [4.78, 5) is 21.9. The fourth-order valence-electron chi connectivity index (χ4n) is 1.82. The molecule has 0 bridgehead atoms. The first-order valence-corrected chi connectivity index (χ1v) is 7.28. The standard InChI is InChI=1S/C14H28N2O3/c1-2-3-4-5-6-7-8-9-10-19-14(18)12(15)11-13(16)17/h12H,2-11,15H2,1H3,(H2,16,17)/t12-/m0/s1. The van der Waals surface area contributed by atoms with Crippen molar-refractivity contribution in [1.82, 2.24) is 0 Å². The largest absolute Gasteiger partial charge is 0.465 e. The highest BCUT2D eigenvalue weighted by atomic mass is 16.5. The highest BCUT2D eigenvalue weighted by Gasteiger charge is 2.16. The van der Waals surface area contributed by atoms with Crippen LogP contribution in [0.25, 0.3) is 0 Å². The van der Waals surface area contributed by atoms with Crippen LogP contribution in [0.15, 0.2) is 0 Å². The maximum atomic E-state index is 11.3. The van der Waals surface area contributed by atoms with E-state index < -0.39 is 17.9 Å². The number of primary amides is 1. The number of hydrogen-bond acceptors (Lipinski definition) is 4. The van der Waals surface area contributed by atoms with Crippen LogP contribution < -0.4 is 11.5 Å². The molecule has 5 heteroatoms. The summed E-state index contributed by atoms with van der Waals surface area (Å²) in [5, 5.41) is 0. The average Bonchev–Trinajstić information content (AvgIpc) is 2.35. The van der Waals surface area contributed by atoms with Crippen molar-refractivity contribution < 1.29 is 14.3 Å². The van der Waals surface area contributed by atoms with Gasteiger partial charge in [0, 0.05) is 0 Å². The highest BCUT2D eigenvalue weighted by molar-refractivity contribution is 5.84. The first-order chi connectivity index (χ1) is 9.07. The number of nitrogens with two attached hydrogens (primary N) is 2. The fraction of sp³-hybridized carbons (Fsp3) is 0.857. The second-order valence-corrected chi connectivity index (χ2v) is 4.92. The van der Waals surface area contributed by atoms with Crippen molar-refractivity contribution in [1.29, 1.82) is 0 Å². The molecule has 0 radical (unpaired) electrons. The lowest BCUT2D eigenvalue weighted by atomic mass is 10.1. The molecular weight excluding hydrogens is 244 g/mol. The zero-order valence-corrected chi connectivity index (χ0v) is 12.0. The Labute approximate surface area is 116 Å². The summed E-state index contributed by atoms with van der Waals surface area (Å²) >= 11 is 0. The molecule has 0 aromatic heterocycles. The number of carbonyl (C=O) groups excluding carboxylic acids is 2. The van der Waals surface area contributed by atoms with Crippen LogP contribution in [0.2, 0.25) is 0 Å². The van der Waals surface area contributed by atoms with E-state index in [-0.39, 0.29) is 6.42 Å². The summed E-state index contributed by atoms with van der Waals surface area (Å²) in [5.74, 6) is -1.13. The van der Waals surface area contributed by atoms with E-state index in [4.69, 9.17) is 16.2 Å². The van der Waals surface area contributed by atoms with Crippen LogP contribution in [-0.2, 0) is 14.3 Å². The molecule has 5 nitrogen and oxygen atoms in total. The SMILES string of the molecule is CCCCCCCCCCOC(=O)[C@@H](N)CC(N)=O. The van der Waals surface area contributed by atoms with Crippen molar-refractivity contribution in [2.75, 3.05) is 6.61 Å². The number of rotatable bonds is 12. The molecule has 0 unspecified atom stereocenters. The van der Waals surface area contributed by atoms with Gasteiger partial charge in [0.1, 0.15) is 6.04 Å². The molecule has 0 rings (SSSR count). The maximum absolute atomic E-state index is 11.3. The third-order valence-electron chi connectivity index (χ3n) is 2.97. The Morgan fingerprint density at radius 3 is 2.05 bits per heavy atom. The van der Waals surface area contributed by atoms with Crippen molar-refractivity contribution in [2.45, 2.75) is 70.8 Å². The lowest BCUT2D eigenvalue weighted by molar-refractivity contribution is -0.146. The lowest BCUT2D eigenvalue weighted by Crippen LogP contribution is -2.36. The number of ether oxygens (including phenoxy) is 1. The molecular formula is C14H28N2O3. The Morgan fingerprint density at radius 2 is 1.53 bits per heavy atom. The molecule has 4 N–H and O–H groups in total. The van der Waals surface area contributed by atoms with Gasteiger partial charge in [0.15, 0.2) is 0 Å². The van der Waals surface area contributed by atoms with Gasteiger partial charge in [-0.3, -0.25) is 9.59 Å². The van der Waals surface area contributed by atoms with Crippen molar-refractivity contribution >= 4 is 11.9 Å². The quantitative estimate of drug-likeness (QED) is 0.419. The van der Waals surface area contributed by atoms with Crippen molar-refractivity contribution in [3.05, 3.63) is 0 Å². The van der Waals surface area contributed by atoms with Gasteiger partial charge in [-0.05, 0) is 6.42 Å². The Bertz CT molecular complexity index is 257. The summed E-state index contributed by atoms with van der Waals surface area (Å²) in [5.41, 5.74) is 10.4. The van der Waals surface area contributed by atoms with Gasteiger partial charge >= 0.3 is 5.97 Å². The number of unbranched alkanes of at least 4 members (excludes halogenated alkanes) is 7. The summed E-state index contributed by atoms with van der Waals surface area (Å²) in [6.45, 7) is 2.58. The van der Waals surface area contributed by atoms with Crippen molar-refractivity contribution in [2.24, 2.45) is 11.5 Å². The number of hydrogen-bond donors (Lipinski definition) is 2. The summed E-state index contributed by atoms with van der Waals surface area (Å²) in [7, 11) is 0. The fourth-order valence-corrected chi connectivity index (χ4v) is 1.82. The molecule has 1 amide bonds. The van der Waals surface area contributed by atoms with Gasteiger partial charge in [0.05, 0.1) is 13.0 Å². The van der Waals surface area contributed by atoms with Crippen LogP contribution in [-0.4, -0.2) is 24.5 Å². The van der Waals surface area contributed by atoms with Crippen molar-refractivity contribution in [3.8, 4) is 0 Å². The minimum absolute atomic E-state index is 0.156. The Balaban J connectivity index is 3.34. The maximum Gasteiger partial charge on any atom is 0.323 e. The molecule has 0 fully saturated rings. The van der Waals surface area contributed by atoms with Gasteiger partial charge in [0.25, 0.3) is 0 Å². The van der Waals surface area contributed by atoms with Crippen LogP contribution >= 0.6 is 0 Å². The minimum Gasteiger partial charge on any atom is -0.465 e. The van der Waals surface area contributed by atoms with Crippen LogP contribution in [0.5, 0.6) is 0 Å². The van der Waals surface area contributed by atoms with Crippen LogP contribution in [0, 0.1) is 0 Å². The second-order valence-electron chi connectivity index (χ2n) is 4.92. The van der Waals surface area contributed by atoms with Gasteiger partial charge in [-0.15, -0.1) is 0 Å². The average molecular weight is 272 g/mol. The zero-order chi connectivity index (χ0) is 14.5. The van der Waals surface area contributed by atoms with Gasteiger partial charge in [-0.2, -0.15) is 0 Å². The topological polar surface area (TPSA) is 95.4 Å². The summed E-state index contributed by atoms with van der Waals surface area (Å²) < 4.78 is 4.98. The van der Waals surface area contributed by atoms with E-state index in [2.05, 4.69) is 6.92 Å². The smallest absolute Gasteiger partial charge is 0.323 e. The zero-order valence-electron chi connectivity index (χ0n) is 12.0. The molecule has 0 heterocycles. The first kappa shape index (κ1) is 17.9. The summed E-state index contributed by atoms with van der Waals surface area (Å²) in [6, 6.07) is -0.924. The molecule has 0 aliphatic carbocycles. The third kappa shape index (κ3) is 11.7. The van der Waals surface area contributed by atoms with Gasteiger partial charge in [0.2, 0.25) is 5.91 Å². The normalized spacial score (nSPS) is 12.1. The molecule has 0 saturated carbocycles. The van der Waals surface area contributed by atoms with E-state index in [0.29, 0.717) is 6.61 Å². The Kier molecular flexibility index (Phi) is 11.3. The van der Waals surface area contributed by atoms with Crippen LogP contribution in [0.1, 0.15) is 64.7 Å². The molecule has 19 heavy (non-hydrogen) atoms. The molecule has 0 aliphatic heterocycles. The van der Waals surface area contributed by atoms with Crippen molar-refractivity contribution in [3.63, 3.8) is 0 Å². The van der Waals surface area contributed by atoms with Gasteiger partial charge < -0.3 is 16.2 Å². The Morgan fingerprint density at radius 1 is 1.00 bits per heavy atom. The van der Waals surface area contributed by atoms with Crippen LogP contribution in [0.3, 0.4) is 0 Å². The lowest BCUT2D eigenvalue weighted by Gasteiger charge is -2.09. The Hall–Kier alpha value is -1.10. The molecule has 1 atom stereocenters. The molecule has 0 aliphatic rings. The monoisotopic (exact) mass is 272 g/mol. The van der Waals surface area contributed by atoms with Gasteiger partial charge in [-0.25, -0.2) is 0 Å². The molecule has 0 aromatic rings.